The van der Waals surface area contributed by atoms with Crippen LogP contribution >= 0.6 is 0 Å². The molecule has 1 N–H and O–H groups in total. The Labute approximate surface area is 124 Å². The SMILES string of the molecule is CCNC(=NCC1CCOC1)N1CCC(CC(C)C)C1. The van der Waals surface area contributed by atoms with Gasteiger partial charge in [-0.3, -0.25) is 4.99 Å². The largest absolute Gasteiger partial charge is 0.381 e. The fourth-order valence-electron chi connectivity index (χ4n) is 3.25. The monoisotopic (exact) mass is 281 g/mol. The maximum absolute atomic E-state index is 5.43. The minimum Gasteiger partial charge on any atom is -0.381 e. The molecule has 2 aliphatic heterocycles. The lowest BCUT2D eigenvalue weighted by Crippen LogP contribution is -2.40. The first-order valence-corrected chi connectivity index (χ1v) is 8.30. The molecule has 0 amide bonds. The summed E-state index contributed by atoms with van der Waals surface area (Å²) in [6.45, 7) is 12.8. The predicted molar refractivity (Wildman–Crippen MR) is 84.0 cm³/mol. The van der Waals surface area contributed by atoms with E-state index in [4.69, 9.17) is 9.73 Å². The molecule has 4 heteroatoms. The third-order valence-electron chi connectivity index (χ3n) is 4.25. The molecular formula is C16H31N3O. The van der Waals surface area contributed by atoms with Crippen LogP contribution in [0.3, 0.4) is 0 Å². The Balaban J connectivity index is 1.86. The summed E-state index contributed by atoms with van der Waals surface area (Å²) < 4.78 is 5.43. The van der Waals surface area contributed by atoms with Crippen LogP contribution in [0.4, 0.5) is 0 Å². The van der Waals surface area contributed by atoms with Gasteiger partial charge in [-0.05, 0) is 38.0 Å². The van der Waals surface area contributed by atoms with Gasteiger partial charge in [0.25, 0.3) is 0 Å². The molecule has 0 bridgehead atoms. The third kappa shape index (κ3) is 4.65. The van der Waals surface area contributed by atoms with Crippen LogP contribution in [-0.4, -0.2) is 50.3 Å². The van der Waals surface area contributed by atoms with E-state index in [1.165, 1.54) is 25.8 Å². The van der Waals surface area contributed by atoms with Crippen LogP contribution in [0, 0.1) is 17.8 Å². The van der Waals surface area contributed by atoms with E-state index in [1.54, 1.807) is 0 Å². The van der Waals surface area contributed by atoms with Crippen LogP contribution in [0.2, 0.25) is 0 Å². The minimum atomic E-state index is 0.623. The highest BCUT2D eigenvalue weighted by atomic mass is 16.5. The molecular weight excluding hydrogens is 250 g/mol. The number of aliphatic imine (C=N–C) groups is 1. The number of hydrogen-bond acceptors (Lipinski definition) is 2. The first kappa shape index (κ1) is 15.6. The van der Waals surface area contributed by atoms with E-state index in [1.807, 2.05) is 0 Å². The average Bonchev–Trinajstić information content (AvgIpc) is 3.05. The van der Waals surface area contributed by atoms with Crippen LogP contribution < -0.4 is 5.32 Å². The van der Waals surface area contributed by atoms with Gasteiger partial charge in [-0.15, -0.1) is 0 Å². The summed E-state index contributed by atoms with van der Waals surface area (Å²) in [7, 11) is 0. The Morgan fingerprint density at radius 3 is 2.85 bits per heavy atom. The van der Waals surface area contributed by atoms with Gasteiger partial charge in [0, 0.05) is 38.7 Å². The van der Waals surface area contributed by atoms with E-state index in [0.717, 1.165) is 50.6 Å². The molecule has 2 unspecified atom stereocenters. The summed E-state index contributed by atoms with van der Waals surface area (Å²) >= 11 is 0. The molecule has 2 aliphatic rings. The zero-order chi connectivity index (χ0) is 14.4. The number of rotatable bonds is 5. The van der Waals surface area contributed by atoms with Crippen molar-refractivity contribution in [1.29, 1.82) is 0 Å². The van der Waals surface area contributed by atoms with E-state index in [2.05, 4.69) is 31.0 Å². The Hall–Kier alpha value is -0.770. The van der Waals surface area contributed by atoms with Crippen LogP contribution in [0.25, 0.3) is 0 Å². The van der Waals surface area contributed by atoms with Crippen molar-refractivity contribution < 1.29 is 4.74 Å². The van der Waals surface area contributed by atoms with E-state index >= 15 is 0 Å². The zero-order valence-electron chi connectivity index (χ0n) is 13.4. The molecule has 0 radical (unpaired) electrons. The van der Waals surface area contributed by atoms with Crippen molar-refractivity contribution in [3.05, 3.63) is 0 Å². The second-order valence-corrected chi connectivity index (χ2v) is 6.65. The third-order valence-corrected chi connectivity index (χ3v) is 4.25. The molecule has 0 aromatic heterocycles. The molecule has 116 valence electrons. The quantitative estimate of drug-likeness (QED) is 0.621. The van der Waals surface area contributed by atoms with Gasteiger partial charge in [-0.2, -0.15) is 0 Å². The summed E-state index contributed by atoms with van der Waals surface area (Å²) in [5.74, 6) is 3.38. The second kappa shape index (κ2) is 7.87. The molecule has 0 aromatic carbocycles. The van der Waals surface area contributed by atoms with Gasteiger partial charge in [0.1, 0.15) is 0 Å². The molecule has 2 heterocycles. The van der Waals surface area contributed by atoms with Crippen LogP contribution in [0.15, 0.2) is 4.99 Å². The van der Waals surface area contributed by atoms with Crippen molar-refractivity contribution in [1.82, 2.24) is 10.2 Å². The summed E-state index contributed by atoms with van der Waals surface area (Å²) in [4.78, 5) is 7.29. The maximum Gasteiger partial charge on any atom is 0.193 e. The highest BCUT2D eigenvalue weighted by Crippen LogP contribution is 2.23. The number of nitrogens with zero attached hydrogens (tertiary/aromatic N) is 2. The van der Waals surface area contributed by atoms with E-state index < -0.39 is 0 Å². The molecule has 2 saturated heterocycles. The van der Waals surface area contributed by atoms with Crippen molar-refractivity contribution in [3.8, 4) is 0 Å². The number of ether oxygens (including phenoxy) is 1. The lowest BCUT2D eigenvalue weighted by Gasteiger charge is -2.22. The Morgan fingerprint density at radius 1 is 1.35 bits per heavy atom. The van der Waals surface area contributed by atoms with E-state index in [9.17, 15) is 0 Å². The first-order chi connectivity index (χ1) is 9.69. The highest BCUT2D eigenvalue weighted by Gasteiger charge is 2.25. The van der Waals surface area contributed by atoms with Crippen LogP contribution in [-0.2, 0) is 4.74 Å². The zero-order valence-corrected chi connectivity index (χ0v) is 13.4. The smallest absolute Gasteiger partial charge is 0.193 e. The molecule has 2 rings (SSSR count). The van der Waals surface area contributed by atoms with Crippen molar-refractivity contribution >= 4 is 5.96 Å². The number of hydrogen-bond donors (Lipinski definition) is 1. The summed E-state index contributed by atoms with van der Waals surface area (Å²) in [6, 6.07) is 0. The number of guanidine groups is 1. The van der Waals surface area contributed by atoms with Crippen molar-refractivity contribution in [2.45, 2.75) is 40.0 Å². The van der Waals surface area contributed by atoms with Gasteiger partial charge in [-0.25, -0.2) is 0 Å². The molecule has 0 saturated carbocycles. The standard InChI is InChI=1S/C16H31N3O/c1-4-17-16(18-10-15-6-8-20-12-15)19-7-5-14(11-19)9-13(2)3/h13-15H,4-12H2,1-3H3,(H,17,18). The molecule has 0 spiro atoms. The Bertz CT molecular complexity index is 311. The molecule has 0 aromatic rings. The summed E-state index contributed by atoms with van der Waals surface area (Å²) in [5, 5.41) is 3.46. The topological polar surface area (TPSA) is 36.9 Å². The van der Waals surface area contributed by atoms with Crippen LogP contribution in [0.1, 0.15) is 40.0 Å². The Morgan fingerprint density at radius 2 is 2.20 bits per heavy atom. The first-order valence-electron chi connectivity index (χ1n) is 8.30. The van der Waals surface area contributed by atoms with Crippen molar-refractivity contribution in [3.63, 3.8) is 0 Å². The van der Waals surface area contributed by atoms with Gasteiger partial charge in [-0.1, -0.05) is 13.8 Å². The van der Waals surface area contributed by atoms with Crippen molar-refractivity contribution in [2.24, 2.45) is 22.7 Å². The summed E-state index contributed by atoms with van der Waals surface area (Å²) in [5.41, 5.74) is 0. The fourth-order valence-corrected chi connectivity index (χ4v) is 3.25. The van der Waals surface area contributed by atoms with Gasteiger partial charge < -0.3 is 15.0 Å². The van der Waals surface area contributed by atoms with Crippen molar-refractivity contribution in [2.75, 3.05) is 39.4 Å². The van der Waals surface area contributed by atoms with E-state index in [-0.39, 0.29) is 0 Å². The Kier molecular flexibility index (Phi) is 6.14. The second-order valence-electron chi connectivity index (χ2n) is 6.65. The van der Waals surface area contributed by atoms with Gasteiger partial charge in [0.15, 0.2) is 5.96 Å². The minimum absolute atomic E-state index is 0.623. The molecule has 2 fully saturated rings. The van der Waals surface area contributed by atoms with Gasteiger partial charge in [0.05, 0.1) is 6.61 Å². The molecule has 4 nitrogen and oxygen atoms in total. The predicted octanol–water partition coefficient (Wildman–Crippen LogP) is 2.36. The lowest BCUT2D eigenvalue weighted by molar-refractivity contribution is 0.187. The molecule has 2 atom stereocenters. The van der Waals surface area contributed by atoms with Gasteiger partial charge in [0.2, 0.25) is 0 Å². The number of likely N-dealkylation sites (tertiary alicyclic amines) is 1. The molecule has 20 heavy (non-hydrogen) atoms. The summed E-state index contributed by atoms with van der Waals surface area (Å²) in [6.07, 6.45) is 3.82. The molecule has 0 aliphatic carbocycles. The van der Waals surface area contributed by atoms with E-state index in [0.29, 0.717) is 5.92 Å². The lowest BCUT2D eigenvalue weighted by atomic mass is 9.97. The normalized spacial score (nSPS) is 27.6. The van der Waals surface area contributed by atoms with Crippen LogP contribution in [0.5, 0.6) is 0 Å². The maximum atomic E-state index is 5.43. The highest BCUT2D eigenvalue weighted by molar-refractivity contribution is 5.80. The fraction of sp³-hybridized carbons (Fsp3) is 0.938. The average molecular weight is 281 g/mol. The number of nitrogens with one attached hydrogen (secondary N) is 1. The van der Waals surface area contributed by atoms with Gasteiger partial charge >= 0.3 is 0 Å².